The van der Waals surface area contributed by atoms with Crippen molar-refractivity contribution in [2.75, 3.05) is 36.0 Å². The lowest BCUT2D eigenvalue weighted by atomic mass is 10.1. The first-order valence-electron chi connectivity index (χ1n) is 13.6. The third kappa shape index (κ3) is 6.98. The zero-order valence-corrected chi connectivity index (χ0v) is 23.0. The molecule has 0 aliphatic heterocycles. The van der Waals surface area contributed by atoms with Crippen molar-refractivity contribution in [1.82, 2.24) is 9.97 Å². The average Bonchev–Trinajstić information content (AvgIpc) is 2.98. The second-order valence-corrected chi connectivity index (χ2v) is 9.14. The Morgan fingerprint density at radius 3 is 1.16 bits per heavy atom. The molecule has 4 aromatic rings. The molecule has 2 aromatic heterocycles. The fourth-order valence-electron chi connectivity index (χ4n) is 4.54. The van der Waals surface area contributed by atoms with Gasteiger partial charge in [0.2, 0.25) is 0 Å². The molecule has 0 aliphatic rings. The van der Waals surface area contributed by atoms with Crippen LogP contribution in [0.2, 0.25) is 0 Å². The molecule has 0 N–H and O–H groups in total. The molecule has 194 valence electrons. The van der Waals surface area contributed by atoms with Crippen molar-refractivity contribution >= 4 is 35.7 Å². The highest BCUT2D eigenvalue weighted by Crippen LogP contribution is 2.21. The fraction of sp³-hybridized carbons (Fsp3) is 0.235. The number of pyridine rings is 2. The fourth-order valence-corrected chi connectivity index (χ4v) is 4.54. The van der Waals surface area contributed by atoms with Crippen LogP contribution >= 0.6 is 0 Å². The molecule has 0 atom stereocenters. The summed E-state index contributed by atoms with van der Waals surface area (Å²) in [7, 11) is 0. The van der Waals surface area contributed by atoms with Gasteiger partial charge in [0.15, 0.2) is 0 Å². The second kappa shape index (κ2) is 13.4. The molecule has 0 saturated heterocycles. The van der Waals surface area contributed by atoms with E-state index in [-0.39, 0.29) is 0 Å². The molecule has 38 heavy (non-hydrogen) atoms. The molecule has 0 radical (unpaired) electrons. The van der Waals surface area contributed by atoms with Gasteiger partial charge < -0.3 is 9.80 Å². The number of anilines is 2. The first-order valence-corrected chi connectivity index (χ1v) is 13.6. The summed E-state index contributed by atoms with van der Waals surface area (Å²) in [5, 5.41) is 0. The Morgan fingerprint density at radius 2 is 0.816 bits per heavy atom. The molecule has 0 unspecified atom stereocenters. The molecule has 4 heteroatoms. The van der Waals surface area contributed by atoms with E-state index < -0.39 is 0 Å². The predicted molar refractivity (Wildman–Crippen MR) is 165 cm³/mol. The topological polar surface area (TPSA) is 32.3 Å². The van der Waals surface area contributed by atoms with Gasteiger partial charge in [-0.2, -0.15) is 0 Å². The minimum absolute atomic E-state index is 0.864. The van der Waals surface area contributed by atoms with Crippen LogP contribution in [-0.4, -0.2) is 36.1 Å². The number of hydrogen-bond acceptors (Lipinski definition) is 4. The van der Waals surface area contributed by atoms with Gasteiger partial charge in [-0.25, -0.2) is 0 Å². The molecule has 0 saturated carbocycles. The van der Waals surface area contributed by atoms with E-state index in [2.05, 4.69) is 132 Å². The molecule has 2 aromatic carbocycles. The summed E-state index contributed by atoms with van der Waals surface area (Å²) in [5.41, 5.74) is 8.79. The Bertz CT molecular complexity index is 1240. The summed E-state index contributed by atoms with van der Waals surface area (Å²) in [6, 6.07) is 25.6. The van der Waals surface area contributed by atoms with Crippen molar-refractivity contribution in [3.8, 4) is 11.4 Å². The predicted octanol–water partition coefficient (Wildman–Crippen LogP) is 8.18. The molecule has 0 bridgehead atoms. The SMILES string of the molecule is CCN(CC)c1ccc(C=Cc2ccnc(-c3cc(C=Cc4ccc(N(CC)CC)cc4)ccn3)c2)cc1. The van der Waals surface area contributed by atoms with Gasteiger partial charge in [0.1, 0.15) is 0 Å². The number of hydrogen-bond donors (Lipinski definition) is 0. The molecule has 0 fully saturated rings. The van der Waals surface area contributed by atoms with Crippen molar-refractivity contribution in [3.63, 3.8) is 0 Å². The summed E-state index contributed by atoms with van der Waals surface area (Å²) in [6.07, 6.45) is 12.2. The highest BCUT2D eigenvalue weighted by atomic mass is 15.1. The van der Waals surface area contributed by atoms with E-state index in [1.54, 1.807) is 0 Å². The molecular weight excluding hydrogens is 464 g/mol. The Hall–Kier alpha value is -4.18. The van der Waals surface area contributed by atoms with Gasteiger partial charge in [0.05, 0.1) is 11.4 Å². The van der Waals surface area contributed by atoms with E-state index in [1.807, 2.05) is 24.5 Å². The smallest absolute Gasteiger partial charge is 0.0892 e. The summed E-state index contributed by atoms with van der Waals surface area (Å²) >= 11 is 0. The molecule has 0 amide bonds. The maximum absolute atomic E-state index is 4.59. The molecule has 4 nitrogen and oxygen atoms in total. The van der Waals surface area contributed by atoms with E-state index in [0.717, 1.165) is 48.7 Å². The first kappa shape index (κ1) is 26.9. The van der Waals surface area contributed by atoms with Crippen molar-refractivity contribution < 1.29 is 0 Å². The van der Waals surface area contributed by atoms with Gasteiger partial charge >= 0.3 is 0 Å². The number of rotatable bonds is 11. The number of benzene rings is 2. The van der Waals surface area contributed by atoms with Crippen molar-refractivity contribution in [2.45, 2.75) is 27.7 Å². The normalized spacial score (nSPS) is 11.4. The van der Waals surface area contributed by atoms with Gasteiger partial charge in [-0.1, -0.05) is 48.6 Å². The maximum Gasteiger partial charge on any atom is 0.0892 e. The third-order valence-electron chi connectivity index (χ3n) is 6.81. The summed E-state index contributed by atoms with van der Waals surface area (Å²) in [5.74, 6) is 0. The van der Waals surface area contributed by atoms with Crippen molar-refractivity contribution in [2.24, 2.45) is 0 Å². The maximum atomic E-state index is 4.59. The van der Waals surface area contributed by atoms with Crippen LogP contribution in [0.4, 0.5) is 11.4 Å². The van der Waals surface area contributed by atoms with Crippen molar-refractivity contribution in [3.05, 3.63) is 107 Å². The average molecular weight is 503 g/mol. The zero-order chi connectivity index (χ0) is 26.7. The van der Waals surface area contributed by atoms with Crippen LogP contribution in [0.25, 0.3) is 35.7 Å². The standard InChI is InChI=1S/C34H38N4/c1-5-37(6-2)31-17-13-27(14-18-31)9-11-29-21-23-35-33(25-29)34-26-30(22-24-36-34)12-10-28-15-19-32(20-16-28)38(7-3)8-4/h9-26H,5-8H2,1-4H3. The minimum Gasteiger partial charge on any atom is -0.372 e. The third-order valence-corrected chi connectivity index (χ3v) is 6.81. The van der Waals surface area contributed by atoms with Crippen LogP contribution in [0.3, 0.4) is 0 Å². The number of nitrogens with zero attached hydrogens (tertiary/aromatic N) is 4. The monoisotopic (exact) mass is 502 g/mol. The molecular formula is C34H38N4. The van der Waals surface area contributed by atoms with E-state index in [1.165, 1.54) is 22.5 Å². The lowest BCUT2D eigenvalue weighted by Crippen LogP contribution is -2.21. The Labute approximate surface area is 228 Å². The van der Waals surface area contributed by atoms with E-state index in [0.29, 0.717) is 0 Å². The summed E-state index contributed by atoms with van der Waals surface area (Å²) in [6.45, 7) is 12.8. The van der Waals surface area contributed by atoms with Crippen LogP contribution < -0.4 is 9.80 Å². The van der Waals surface area contributed by atoms with Crippen molar-refractivity contribution in [1.29, 1.82) is 0 Å². The quantitative estimate of drug-likeness (QED) is 0.207. The molecule has 0 aliphatic carbocycles. The molecule has 0 spiro atoms. The largest absolute Gasteiger partial charge is 0.372 e. The van der Waals surface area contributed by atoms with E-state index >= 15 is 0 Å². The minimum atomic E-state index is 0.864. The van der Waals surface area contributed by atoms with Crippen LogP contribution in [0.5, 0.6) is 0 Å². The van der Waals surface area contributed by atoms with Gasteiger partial charge in [-0.3, -0.25) is 9.97 Å². The zero-order valence-electron chi connectivity index (χ0n) is 23.0. The van der Waals surface area contributed by atoms with Crippen LogP contribution in [0.1, 0.15) is 49.9 Å². The highest BCUT2D eigenvalue weighted by molar-refractivity contribution is 5.74. The number of aromatic nitrogens is 2. The summed E-state index contributed by atoms with van der Waals surface area (Å²) in [4.78, 5) is 13.9. The highest BCUT2D eigenvalue weighted by Gasteiger charge is 2.04. The summed E-state index contributed by atoms with van der Waals surface area (Å²) < 4.78 is 0. The van der Waals surface area contributed by atoms with Crippen LogP contribution in [0.15, 0.2) is 85.2 Å². The second-order valence-electron chi connectivity index (χ2n) is 9.14. The first-order chi connectivity index (χ1) is 18.6. The van der Waals surface area contributed by atoms with Gasteiger partial charge in [0.25, 0.3) is 0 Å². The Morgan fingerprint density at radius 1 is 0.474 bits per heavy atom. The van der Waals surface area contributed by atoms with Gasteiger partial charge in [0, 0.05) is 49.9 Å². The molecule has 4 rings (SSSR count). The van der Waals surface area contributed by atoms with E-state index in [4.69, 9.17) is 0 Å². The Kier molecular flexibility index (Phi) is 9.47. The van der Waals surface area contributed by atoms with E-state index in [9.17, 15) is 0 Å². The van der Waals surface area contributed by atoms with Gasteiger partial charge in [-0.05, 0) is 98.5 Å². The lowest BCUT2D eigenvalue weighted by Gasteiger charge is -2.20. The Balaban J connectivity index is 1.46. The molecule has 2 heterocycles. The van der Waals surface area contributed by atoms with Gasteiger partial charge in [-0.15, -0.1) is 0 Å². The lowest BCUT2D eigenvalue weighted by molar-refractivity contribution is 0.866. The van der Waals surface area contributed by atoms with Crippen LogP contribution in [0, 0.1) is 0 Å². The van der Waals surface area contributed by atoms with Crippen LogP contribution in [-0.2, 0) is 0 Å².